The molecule has 0 amide bonds. The standard InChI is InChI=1S/C18H16FNO/c1-13(21)17(14-5-3-2-4-6-14)12-20-10-9-15-11-16(19)7-8-18(15)20/h2-8,11-12H,9-10H2,1H3/b17-12+. The zero-order chi connectivity index (χ0) is 14.8. The molecule has 3 heteroatoms. The van der Waals surface area contributed by atoms with Gasteiger partial charge in [-0.3, -0.25) is 4.79 Å². The minimum Gasteiger partial charge on any atom is -0.347 e. The predicted octanol–water partition coefficient (Wildman–Crippen LogP) is 3.82. The maximum atomic E-state index is 13.3. The van der Waals surface area contributed by atoms with Crippen LogP contribution in [0.1, 0.15) is 18.1 Å². The fourth-order valence-electron chi connectivity index (χ4n) is 2.67. The van der Waals surface area contributed by atoms with E-state index in [1.165, 1.54) is 6.07 Å². The Hall–Kier alpha value is -2.42. The summed E-state index contributed by atoms with van der Waals surface area (Å²) >= 11 is 0. The Morgan fingerprint density at radius 3 is 2.67 bits per heavy atom. The van der Waals surface area contributed by atoms with E-state index in [1.807, 2.05) is 41.4 Å². The highest BCUT2D eigenvalue weighted by atomic mass is 19.1. The fourth-order valence-corrected chi connectivity index (χ4v) is 2.67. The SMILES string of the molecule is CC(=O)/C(=C\N1CCc2cc(F)ccc21)c1ccccc1. The van der Waals surface area contributed by atoms with Crippen LogP contribution < -0.4 is 4.90 Å². The highest BCUT2D eigenvalue weighted by Crippen LogP contribution is 2.30. The first kappa shape index (κ1) is 13.6. The molecule has 0 aliphatic carbocycles. The van der Waals surface area contributed by atoms with Crippen molar-refractivity contribution in [2.75, 3.05) is 11.4 Å². The first-order valence-corrected chi connectivity index (χ1v) is 6.98. The van der Waals surface area contributed by atoms with E-state index in [0.29, 0.717) is 5.57 Å². The molecular formula is C18H16FNO. The van der Waals surface area contributed by atoms with Gasteiger partial charge in [0.2, 0.25) is 0 Å². The highest BCUT2D eigenvalue weighted by Gasteiger charge is 2.19. The zero-order valence-electron chi connectivity index (χ0n) is 11.8. The molecule has 0 spiro atoms. The summed E-state index contributed by atoms with van der Waals surface area (Å²) in [4.78, 5) is 14.0. The zero-order valence-corrected chi connectivity index (χ0v) is 11.8. The molecule has 0 bridgehead atoms. The van der Waals surface area contributed by atoms with Crippen LogP contribution in [0.3, 0.4) is 0 Å². The molecule has 2 aromatic carbocycles. The Morgan fingerprint density at radius 1 is 1.19 bits per heavy atom. The van der Waals surface area contributed by atoms with Crippen LogP contribution in [0.25, 0.3) is 5.57 Å². The number of anilines is 1. The number of ketones is 1. The van der Waals surface area contributed by atoms with Crippen LogP contribution in [0.4, 0.5) is 10.1 Å². The van der Waals surface area contributed by atoms with Crippen LogP contribution in [-0.2, 0) is 11.2 Å². The molecule has 106 valence electrons. The molecule has 0 fully saturated rings. The number of hydrogen-bond acceptors (Lipinski definition) is 2. The highest BCUT2D eigenvalue weighted by molar-refractivity contribution is 6.19. The summed E-state index contributed by atoms with van der Waals surface area (Å²) in [7, 11) is 0. The van der Waals surface area contributed by atoms with Crippen LogP contribution in [0.2, 0.25) is 0 Å². The normalized spacial score (nSPS) is 14.2. The maximum Gasteiger partial charge on any atom is 0.161 e. The Kier molecular flexibility index (Phi) is 3.57. The van der Waals surface area contributed by atoms with Gasteiger partial charge in [-0.2, -0.15) is 0 Å². The molecule has 0 N–H and O–H groups in total. The molecule has 21 heavy (non-hydrogen) atoms. The Morgan fingerprint density at radius 2 is 1.95 bits per heavy atom. The van der Waals surface area contributed by atoms with Crippen molar-refractivity contribution < 1.29 is 9.18 Å². The van der Waals surface area contributed by atoms with E-state index in [1.54, 1.807) is 19.1 Å². The molecule has 2 aromatic rings. The molecule has 1 aliphatic rings. The van der Waals surface area contributed by atoms with Crippen molar-refractivity contribution in [3.05, 3.63) is 71.7 Å². The maximum absolute atomic E-state index is 13.3. The van der Waals surface area contributed by atoms with Crippen molar-refractivity contribution in [3.63, 3.8) is 0 Å². The van der Waals surface area contributed by atoms with E-state index < -0.39 is 0 Å². The number of carbonyl (C=O) groups is 1. The largest absolute Gasteiger partial charge is 0.347 e. The van der Waals surface area contributed by atoms with Crippen molar-refractivity contribution in [1.82, 2.24) is 0 Å². The lowest BCUT2D eigenvalue weighted by molar-refractivity contribution is -0.111. The first-order chi connectivity index (χ1) is 10.1. The van der Waals surface area contributed by atoms with Crippen molar-refractivity contribution in [1.29, 1.82) is 0 Å². The molecule has 2 nitrogen and oxygen atoms in total. The number of fused-ring (bicyclic) bond motifs is 1. The average Bonchev–Trinajstić information content (AvgIpc) is 2.87. The van der Waals surface area contributed by atoms with Crippen molar-refractivity contribution in [2.45, 2.75) is 13.3 Å². The monoisotopic (exact) mass is 281 g/mol. The minimum absolute atomic E-state index is 0.0248. The molecule has 0 atom stereocenters. The van der Waals surface area contributed by atoms with Crippen molar-refractivity contribution in [3.8, 4) is 0 Å². The summed E-state index contributed by atoms with van der Waals surface area (Å²) < 4.78 is 13.3. The van der Waals surface area contributed by atoms with E-state index >= 15 is 0 Å². The summed E-state index contributed by atoms with van der Waals surface area (Å²) in [6, 6.07) is 14.4. The van der Waals surface area contributed by atoms with Crippen LogP contribution in [0.15, 0.2) is 54.7 Å². The van der Waals surface area contributed by atoms with Crippen LogP contribution >= 0.6 is 0 Å². The second kappa shape index (κ2) is 5.52. The first-order valence-electron chi connectivity index (χ1n) is 6.98. The van der Waals surface area contributed by atoms with E-state index in [-0.39, 0.29) is 11.6 Å². The van der Waals surface area contributed by atoms with Crippen LogP contribution in [0, 0.1) is 5.82 Å². The lowest BCUT2D eigenvalue weighted by Crippen LogP contribution is -2.14. The Labute approximate surface area is 123 Å². The van der Waals surface area contributed by atoms with Gasteiger partial charge >= 0.3 is 0 Å². The minimum atomic E-state index is -0.213. The molecule has 3 rings (SSSR count). The van der Waals surface area contributed by atoms with Gasteiger partial charge < -0.3 is 4.90 Å². The third-order valence-corrected chi connectivity index (χ3v) is 3.72. The van der Waals surface area contributed by atoms with Gasteiger partial charge in [-0.25, -0.2) is 4.39 Å². The number of carbonyl (C=O) groups excluding carboxylic acids is 1. The lowest BCUT2D eigenvalue weighted by Gasteiger charge is -2.16. The summed E-state index contributed by atoms with van der Waals surface area (Å²) in [5.74, 6) is -0.189. The van der Waals surface area contributed by atoms with Gasteiger partial charge in [-0.1, -0.05) is 30.3 Å². The second-order valence-electron chi connectivity index (χ2n) is 5.18. The number of Topliss-reactive ketones (excluding diaryl/α,β-unsaturated/α-hetero) is 1. The van der Waals surface area contributed by atoms with Gasteiger partial charge in [0, 0.05) is 24.0 Å². The van der Waals surface area contributed by atoms with Gasteiger partial charge in [0.25, 0.3) is 0 Å². The molecule has 0 saturated carbocycles. The smallest absolute Gasteiger partial charge is 0.161 e. The van der Waals surface area contributed by atoms with Crippen LogP contribution in [0.5, 0.6) is 0 Å². The van der Waals surface area contributed by atoms with Gasteiger partial charge in [-0.05, 0) is 42.7 Å². The van der Waals surface area contributed by atoms with E-state index in [0.717, 1.165) is 29.8 Å². The number of rotatable bonds is 3. The number of benzene rings is 2. The average molecular weight is 281 g/mol. The predicted molar refractivity (Wildman–Crippen MR) is 82.6 cm³/mol. The van der Waals surface area contributed by atoms with Gasteiger partial charge in [0.1, 0.15) is 5.82 Å². The quantitative estimate of drug-likeness (QED) is 0.797. The fraction of sp³-hybridized carbons (Fsp3) is 0.167. The summed E-state index contributed by atoms with van der Waals surface area (Å²) in [5.41, 5.74) is 3.54. The summed E-state index contributed by atoms with van der Waals surface area (Å²) in [6.07, 6.45) is 2.67. The molecule has 0 aromatic heterocycles. The topological polar surface area (TPSA) is 20.3 Å². The van der Waals surface area contributed by atoms with Crippen molar-refractivity contribution in [2.24, 2.45) is 0 Å². The van der Waals surface area contributed by atoms with E-state index in [9.17, 15) is 9.18 Å². The number of allylic oxidation sites excluding steroid dienone is 1. The Balaban J connectivity index is 1.99. The summed E-state index contributed by atoms with van der Waals surface area (Å²) in [6.45, 7) is 2.34. The van der Waals surface area contributed by atoms with Gasteiger partial charge in [0.15, 0.2) is 5.78 Å². The molecule has 0 radical (unpaired) electrons. The molecule has 0 unspecified atom stereocenters. The lowest BCUT2D eigenvalue weighted by atomic mass is 10.0. The van der Waals surface area contributed by atoms with Crippen molar-refractivity contribution >= 4 is 17.0 Å². The Bertz CT molecular complexity index is 706. The number of nitrogens with zero attached hydrogens (tertiary/aromatic N) is 1. The second-order valence-corrected chi connectivity index (χ2v) is 5.18. The number of hydrogen-bond donors (Lipinski definition) is 0. The van der Waals surface area contributed by atoms with Gasteiger partial charge in [0.05, 0.1) is 0 Å². The van der Waals surface area contributed by atoms with Gasteiger partial charge in [-0.15, -0.1) is 0 Å². The number of halogens is 1. The van der Waals surface area contributed by atoms with E-state index in [2.05, 4.69) is 0 Å². The third kappa shape index (κ3) is 2.72. The summed E-state index contributed by atoms with van der Waals surface area (Å²) in [5, 5.41) is 0. The molecule has 0 saturated heterocycles. The molecule has 1 heterocycles. The van der Waals surface area contributed by atoms with Crippen LogP contribution in [-0.4, -0.2) is 12.3 Å². The third-order valence-electron chi connectivity index (χ3n) is 3.72. The molecule has 1 aliphatic heterocycles. The van der Waals surface area contributed by atoms with E-state index in [4.69, 9.17) is 0 Å². The molecular weight excluding hydrogens is 265 g/mol.